The minimum Gasteiger partial charge on any atom is -0.353 e. The molecule has 2 N–H and O–H groups in total. The highest BCUT2D eigenvalue weighted by molar-refractivity contribution is 5.92. The van der Waals surface area contributed by atoms with E-state index in [2.05, 4.69) is 15.6 Å². The van der Waals surface area contributed by atoms with Gasteiger partial charge in [0.25, 0.3) is 0 Å². The van der Waals surface area contributed by atoms with Crippen LogP contribution in [0.3, 0.4) is 0 Å². The number of hydrogen-bond donors (Lipinski definition) is 2. The summed E-state index contributed by atoms with van der Waals surface area (Å²) in [6.45, 7) is 5.38. The fraction of sp³-hybridized carbons (Fsp3) is 0.462. The van der Waals surface area contributed by atoms with Crippen molar-refractivity contribution in [2.45, 2.75) is 13.8 Å². The average Bonchev–Trinajstić information content (AvgIpc) is 2.39. The summed E-state index contributed by atoms with van der Waals surface area (Å²) in [4.78, 5) is 29.0. The third-order valence-electron chi connectivity index (χ3n) is 2.90. The van der Waals surface area contributed by atoms with Crippen molar-refractivity contribution in [2.75, 3.05) is 29.9 Å². The minimum atomic E-state index is -0.0644. The number of carbonyl (C=O) groups is 2. The van der Waals surface area contributed by atoms with E-state index in [1.807, 2.05) is 24.8 Å². The van der Waals surface area contributed by atoms with E-state index in [4.69, 9.17) is 0 Å². The van der Waals surface area contributed by atoms with E-state index in [9.17, 15) is 9.59 Å². The van der Waals surface area contributed by atoms with Gasteiger partial charge in [-0.3, -0.25) is 9.59 Å². The molecule has 0 radical (unpaired) electrons. The first kappa shape index (κ1) is 13.3. The average molecular weight is 262 g/mol. The lowest BCUT2D eigenvalue weighted by atomic mass is 10.2. The van der Waals surface area contributed by atoms with Gasteiger partial charge in [0.05, 0.1) is 18.4 Å². The van der Waals surface area contributed by atoms with E-state index in [0.717, 1.165) is 12.4 Å². The van der Waals surface area contributed by atoms with Gasteiger partial charge in [-0.1, -0.05) is 13.8 Å². The number of pyridine rings is 1. The lowest BCUT2D eigenvalue weighted by Gasteiger charge is -2.27. The van der Waals surface area contributed by atoms with Crippen LogP contribution in [0.2, 0.25) is 0 Å². The van der Waals surface area contributed by atoms with Gasteiger partial charge >= 0.3 is 0 Å². The molecule has 0 aromatic carbocycles. The molecular weight excluding hydrogens is 244 g/mol. The van der Waals surface area contributed by atoms with Gasteiger partial charge in [0.15, 0.2) is 0 Å². The lowest BCUT2D eigenvalue weighted by molar-refractivity contribution is -0.120. The van der Waals surface area contributed by atoms with Crippen molar-refractivity contribution in [2.24, 2.45) is 5.92 Å². The van der Waals surface area contributed by atoms with Crippen molar-refractivity contribution >= 4 is 23.3 Å². The molecule has 0 unspecified atom stereocenters. The minimum absolute atomic E-state index is 0.00485. The van der Waals surface area contributed by atoms with Gasteiger partial charge in [-0.2, -0.15) is 0 Å². The smallest absolute Gasteiger partial charge is 0.239 e. The molecule has 2 rings (SSSR count). The fourth-order valence-corrected chi connectivity index (χ4v) is 1.77. The van der Waals surface area contributed by atoms with Gasteiger partial charge in [-0.25, -0.2) is 4.98 Å². The van der Waals surface area contributed by atoms with Gasteiger partial charge in [0, 0.05) is 19.0 Å². The molecule has 0 bridgehead atoms. The van der Waals surface area contributed by atoms with E-state index in [1.54, 1.807) is 12.3 Å². The van der Waals surface area contributed by atoms with E-state index >= 15 is 0 Å². The fourth-order valence-electron chi connectivity index (χ4n) is 1.77. The van der Waals surface area contributed by atoms with Crippen LogP contribution < -0.4 is 15.5 Å². The zero-order valence-electron chi connectivity index (χ0n) is 11.1. The number of rotatable bonds is 3. The third-order valence-corrected chi connectivity index (χ3v) is 2.90. The van der Waals surface area contributed by atoms with Crippen LogP contribution in [0.15, 0.2) is 18.3 Å². The number of aromatic nitrogens is 1. The third kappa shape index (κ3) is 3.43. The molecule has 102 valence electrons. The Bertz CT molecular complexity index is 470. The zero-order chi connectivity index (χ0) is 13.8. The van der Waals surface area contributed by atoms with Crippen molar-refractivity contribution in [3.05, 3.63) is 18.3 Å². The van der Waals surface area contributed by atoms with E-state index in [1.165, 1.54) is 0 Å². The first-order valence-electron chi connectivity index (χ1n) is 6.35. The Kier molecular flexibility index (Phi) is 3.99. The van der Waals surface area contributed by atoms with Gasteiger partial charge in [0.1, 0.15) is 5.82 Å². The van der Waals surface area contributed by atoms with Crippen molar-refractivity contribution in [1.82, 2.24) is 10.3 Å². The van der Waals surface area contributed by atoms with Crippen LogP contribution in [0, 0.1) is 5.92 Å². The zero-order valence-corrected chi connectivity index (χ0v) is 11.1. The van der Waals surface area contributed by atoms with Crippen LogP contribution in [-0.4, -0.2) is 36.4 Å². The SMILES string of the molecule is CC(C)C(=O)Nc1ccc(N2CCNC(=O)C2)nc1. The molecule has 2 amide bonds. The molecule has 2 heterocycles. The van der Waals surface area contributed by atoms with Crippen LogP contribution in [0.25, 0.3) is 0 Å². The molecule has 1 saturated heterocycles. The van der Waals surface area contributed by atoms with Crippen molar-refractivity contribution in [1.29, 1.82) is 0 Å². The molecule has 1 aromatic heterocycles. The largest absolute Gasteiger partial charge is 0.353 e. The second kappa shape index (κ2) is 5.69. The number of nitrogens with zero attached hydrogens (tertiary/aromatic N) is 2. The maximum absolute atomic E-state index is 11.5. The molecule has 6 heteroatoms. The molecule has 1 fully saturated rings. The quantitative estimate of drug-likeness (QED) is 0.837. The summed E-state index contributed by atoms with van der Waals surface area (Å²) in [7, 11) is 0. The summed E-state index contributed by atoms with van der Waals surface area (Å²) in [6.07, 6.45) is 1.61. The number of hydrogen-bond acceptors (Lipinski definition) is 4. The Labute approximate surface area is 112 Å². The molecule has 19 heavy (non-hydrogen) atoms. The molecular formula is C13H18N4O2. The summed E-state index contributed by atoms with van der Waals surface area (Å²) in [5, 5.41) is 5.55. The van der Waals surface area contributed by atoms with E-state index in [0.29, 0.717) is 18.8 Å². The molecule has 1 aliphatic heterocycles. The van der Waals surface area contributed by atoms with Gasteiger partial charge < -0.3 is 15.5 Å². The summed E-state index contributed by atoms with van der Waals surface area (Å²) in [5.74, 6) is 0.653. The van der Waals surface area contributed by atoms with E-state index < -0.39 is 0 Å². The highest BCUT2D eigenvalue weighted by atomic mass is 16.2. The van der Waals surface area contributed by atoms with Crippen molar-refractivity contribution in [3.8, 4) is 0 Å². The first-order chi connectivity index (χ1) is 9.06. The summed E-state index contributed by atoms with van der Waals surface area (Å²) >= 11 is 0. The highest BCUT2D eigenvalue weighted by Gasteiger charge is 2.17. The van der Waals surface area contributed by atoms with Crippen LogP contribution >= 0.6 is 0 Å². The number of piperazine rings is 1. The molecule has 0 atom stereocenters. The summed E-state index contributed by atoms with van der Waals surface area (Å²) in [6, 6.07) is 3.61. The number of nitrogens with one attached hydrogen (secondary N) is 2. The second-order valence-corrected chi connectivity index (χ2v) is 4.82. The number of anilines is 2. The molecule has 0 aliphatic carbocycles. The Morgan fingerprint density at radius 3 is 2.84 bits per heavy atom. The van der Waals surface area contributed by atoms with Crippen LogP contribution in [0.4, 0.5) is 11.5 Å². The topological polar surface area (TPSA) is 74.3 Å². The number of amides is 2. The molecule has 6 nitrogen and oxygen atoms in total. The van der Waals surface area contributed by atoms with Gasteiger partial charge in [0.2, 0.25) is 11.8 Å². The predicted octanol–water partition coefficient (Wildman–Crippen LogP) is 0.612. The maximum atomic E-state index is 11.5. The molecule has 1 aliphatic rings. The standard InChI is InChI=1S/C13H18N4O2/c1-9(2)13(19)16-10-3-4-11(15-7-10)17-6-5-14-12(18)8-17/h3-4,7,9H,5-6,8H2,1-2H3,(H,14,18)(H,16,19). The van der Waals surface area contributed by atoms with Gasteiger partial charge in [-0.05, 0) is 12.1 Å². The Morgan fingerprint density at radius 1 is 1.47 bits per heavy atom. The number of carbonyl (C=O) groups excluding carboxylic acids is 2. The predicted molar refractivity (Wildman–Crippen MR) is 72.9 cm³/mol. The molecule has 0 saturated carbocycles. The second-order valence-electron chi connectivity index (χ2n) is 4.82. The van der Waals surface area contributed by atoms with Crippen LogP contribution in [0.1, 0.15) is 13.8 Å². The Hall–Kier alpha value is -2.11. The van der Waals surface area contributed by atoms with Crippen molar-refractivity contribution in [3.63, 3.8) is 0 Å². The monoisotopic (exact) mass is 262 g/mol. The first-order valence-corrected chi connectivity index (χ1v) is 6.35. The normalized spacial score (nSPS) is 15.3. The highest BCUT2D eigenvalue weighted by Crippen LogP contribution is 2.15. The van der Waals surface area contributed by atoms with E-state index in [-0.39, 0.29) is 17.7 Å². The summed E-state index contributed by atoms with van der Waals surface area (Å²) in [5.41, 5.74) is 0.670. The Balaban J connectivity index is 2.01. The van der Waals surface area contributed by atoms with Crippen molar-refractivity contribution < 1.29 is 9.59 Å². The van der Waals surface area contributed by atoms with Crippen LogP contribution in [0.5, 0.6) is 0 Å². The van der Waals surface area contributed by atoms with Crippen LogP contribution in [-0.2, 0) is 9.59 Å². The maximum Gasteiger partial charge on any atom is 0.239 e. The summed E-state index contributed by atoms with van der Waals surface area (Å²) < 4.78 is 0. The Morgan fingerprint density at radius 2 is 2.26 bits per heavy atom. The molecule has 1 aromatic rings. The lowest BCUT2D eigenvalue weighted by Crippen LogP contribution is -2.48. The molecule has 0 spiro atoms. The van der Waals surface area contributed by atoms with Gasteiger partial charge in [-0.15, -0.1) is 0 Å².